The van der Waals surface area contributed by atoms with Gasteiger partial charge in [-0.3, -0.25) is 4.98 Å². The summed E-state index contributed by atoms with van der Waals surface area (Å²) in [4.78, 5) is 17.6. The normalized spacial score (nSPS) is 16.4. The van der Waals surface area contributed by atoms with Crippen molar-refractivity contribution in [3.05, 3.63) is 66.3 Å². The molecule has 1 aromatic carbocycles. The molecule has 0 aliphatic carbocycles. The van der Waals surface area contributed by atoms with E-state index in [1.165, 1.54) is 22.5 Å². The minimum absolute atomic E-state index is 0. The zero-order chi connectivity index (χ0) is 21.0. The Morgan fingerprint density at radius 1 is 1.32 bits per heavy atom. The smallest absolute Gasteiger partial charge is 1.00 e. The first-order chi connectivity index (χ1) is 13.9. The van der Waals surface area contributed by atoms with Crippen LogP contribution in [0.3, 0.4) is 0 Å². The van der Waals surface area contributed by atoms with Crippen molar-refractivity contribution < 1.29 is 64.0 Å². The molecule has 1 aromatic heterocycles. The molecule has 154 valence electrons. The third-order valence-corrected chi connectivity index (χ3v) is 5.80. The summed E-state index contributed by atoms with van der Waals surface area (Å²) in [7, 11) is 1.96. The van der Waals surface area contributed by atoms with Crippen LogP contribution in [0.15, 0.2) is 55.0 Å². The standard InChI is InChI=1S/C22H28N5OP.2Na/c1-15-10-18(19-4-6-20(25-13-19)22(12-23)26(3)24)5-7-21(15)27-14-17(8-9-29-28)11-16(27)2;;/h4-7,10,12-13,17H,2,8-9,11,14,23-24H2,1,3H3;;/q-2;2*+1/b22-12-;;. The molecule has 1 aliphatic heterocycles. The van der Waals surface area contributed by atoms with Crippen molar-refractivity contribution in [2.24, 2.45) is 17.5 Å². The fourth-order valence-electron chi connectivity index (χ4n) is 3.83. The molecular weight excluding hydrogens is 427 g/mol. The maximum atomic E-state index is 10.8. The number of hydrogen-bond acceptors (Lipinski definition) is 6. The first-order valence-electron chi connectivity index (χ1n) is 9.66. The molecule has 2 heterocycles. The van der Waals surface area contributed by atoms with Crippen LogP contribution in [0.2, 0.25) is 0 Å². The number of pyridine rings is 1. The minimum Gasteiger partial charge on any atom is -1.02 e. The fourth-order valence-corrected chi connectivity index (χ4v) is 4.30. The van der Waals surface area contributed by atoms with Crippen molar-refractivity contribution in [1.82, 2.24) is 9.99 Å². The Morgan fingerprint density at radius 3 is 2.58 bits per heavy atom. The first kappa shape index (κ1) is 28.6. The summed E-state index contributed by atoms with van der Waals surface area (Å²) >= 11 is 0. The van der Waals surface area contributed by atoms with Gasteiger partial charge in [-0.25, -0.2) is 12.0 Å². The number of allylic oxidation sites excluding steroid dienone is 1. The predicted molar refractivity (Wildman–Crippen MR) is 120 cm³/mol. The van der Waals surface area contributed by atoms with E-state index in [0.29, 0.717) is 17.8 Å². The van der Waals surface area contributed by atoms with Crippen LogP contribution in [0.25, 0.3) is 16.8 Å². The molecule has 0 spiro atoms. The summed E-state index contributed by atoms with van der Waals surface area (Å²) in [5.41, 5.74) is 12.7. The summed E-state index contributed by atoms with van der Waals surface area (Å²) in [6, 6.07) is 10.4. The first-order valence-corrected chi connectivity index (χ1v) is 10.7. The molecule has 31 heavy (non-hydrogen) atoms. The van der Waals surface area contributed by atoms with Crippen molar-refractivity contribution >= 4 is 20.2 Å². The topological polar surface area (TPSA) is 94.5 Å². The van der Waals surface area contributed by atoms with E-state index in [2.05, 4.69) is 41.6 Å². The van der Waals surface area contributed by atoms with E-state index in [1.54, 1.807) is 7.05 Å². The van der Waals surface area contributed by atoms with Crippen molar-refractivity contribution in [1.29, 1.82) is 0 Å². The second-order valence-electron chi connectivity index (χ2n) is 7.48. The molecule has 1 saturated heterocycles. The number of hydrogen-bond donors (Lipinski definition) is 2. The van der Waals surface area contributed by atoms with Gasteiger partial charge in [0.05, 0.1) is 11.4 Å². The van der Waals surface area contributed by atoms with E-state index in [-0.39, 0.29) is 67.9 Å². The zero-order valence-electron chi connectivity index (χ0n) is 19.0. The number of rotatable bonds is 7. The fraction of sp³-hybridized carbons (Fsp3) is 0.318. The predicted octanol–water partition coefficient (Wildman–Crippen LogP) is -2.92. The van der Waals surface area contributed by atoms with Crippen molar-refractivity contribution in [2.75, 3.05) is 24.7 Å². The molecule has 6 nitrogen and oxygen atoms in total. The van der Waals surface area contributed by atoms with E-state index < -0.39 is 0 Å². The van der Waals surface area contributed by atoms with Gasteiger partial charge in [0.1, 0.15) is 0 Å². The summed E-state index contributed by atoms with van der Waals surface area (Å²) in [6.45, 7) is 7.30. The second-order valence-corrected chi connectivity index (χ2v) is 8.19. The SMILES string of the molecule is C=C1CC(CC[P-][O-])CN1c1ccc(-c2ccc(/C(=C/N)N(C)N)nc2)cc1C.[Na+].[Na+]. The Kier molecular flexibility index (Phi) is 12.3. The quantitative estimate of drug-likeness (QED) is 0.201. The van der Waals surface area contributed by atoms with Crippen LogP contribution in [0.1, 0.15) is 24.1 Å². The number of anilines is 1. The number of nitrogens with zero attached hydrogens (tertiary/aromatic N) is 3. The van der Waals surface area contributed by atoms with Gasteiger partial charge in [0.15, 0.2) is 0 Å². The number of benzene rings is 1. The molecule has 1 atom stereocenters. The monoisotopic (exact) mass is 455 g/mol. The van der Waals surface area contributed by atoms with E-state index in [1.807, 2.05) is 18.3 Å². The summed E-state index contributed by atoms with van der Waals surface area (Å²) in [6.07, 6.45) is 5.94. The Labute approximate surface area is 231 Å². The molecule has 3 rings (SSSR count). The maximum absolute atomic E-state index is 10.8. The number of nitrogens with two attached hydrogens (primary N) is 2. The molecule has 2 aromatic rings. The van der Waals surface area contributed by atoms with Gasteiger partial charge in [-0.15, -0.1) is 0 Å². The molecule has 1 aliphatic rings. The second kappa shape index (κ2) is 13.3. The minimum atomic E-state index is 0. The third-order valence-electron chi connectivity index (χ3n) is 5.36. The Morgan fingerprint density at radius 2 is 2.03 bits per heavy atom. The van der Waals surface area contributed by atoms with Crippen LogP contribution in [0, 0.1) is 12.8 Å². The van der Waals surface area contributed by atoms with Gasteiger partial charge in [-0.1, -0.05) is 25.1 Å². The molecule has 0 amide bonds. The van der Waals surface area contributed by atoms with Crippen molar-refractivity contribution in [2.45, 2.75) is 19.8 Å². The molecule has 9 heteroatoms. The summed E-state index contributed by atoms with van der Waals surface area (Å²) in [5, 5.41) is 1.45. The molecule has 0 saturated carbocycles. The number of hydrazine groups is 1. The summed E-state index contributed by atoms with van der Waals surface area (Å²) in [5.74, 6) is 6.31. The van der Waals surface area contributed by atoms with Gasteiger partial charge in [-0.2, -0.15) is 0 Å². The van der Waals surface area contributed by atoms with Crippen LogP contribution in [-0.2, 0) is 0 Å². The van der Waals surface area contributed by atoms with Gasteiger partial charge in [0.25, 0.3) is 0 Å². The summed E-state index contributed by atoms with van der Waals surface area (Å²) < 4.78 is 0. The van der Waals surface area contributed by atoms with E-state index in [0.717, 1.165) is 41.9 Å². The molecule has 0 radical (unpaired) electrons. The Bertz CT molecular complexity index is 905. The van der Waals surface area contributed by atoms with Gasteiger partial charge >= 0.3 is 59.1 Å². The van der Waals surface area contributed by atoms with Crippen LogP contribution < -0.4 is 80.5 Å². The molecule has 0 bridgehead atoms. The van der Waals surface area contributed by atoms with Crippen LogP contribution in [-0.4, -0.2) is 29.7 Å². The number of aryl methyl sites for hydroxylation is 1. The third kappa shape index (κ3) is 7.04. The van der Waals surface area contributed by atoms with E-state index in [9.17, 15) is 4.89 Å². The van der Waals surface area contributed by atoms with Gasteiger partial charge in [-0.05, 0) is 48.6 Å². The zero-order valence-corrected chi connectivity index (χ0v) is 23.9. The molecular formula is C22H28N5Na2OP. The van der Waals surface area contributed by atoms with Crippen LogP contribution in [0.5, 0.6) is 0 Å². The molecule has 1 unspecified atom stereocenters. The van der Waals surface area contributed by atoms with Gasteiger partial charge in [0, 0.05) is 42.9 Å². The largest absolute Gasteiger partial charge is 1.02 e. The average molecular weight is 455 g/mol. The Hall–Kier alpha value is -0.400. The van der Waals surface area contributed by atoms with E-state index >= 15 is 0 Å². The van der Waals surface area contributed by atoms with E-state index in [4.69, 9.17) is 11.6 Å². The van der Waals surface area contributed by atoms with Crippen LogP contribution in [0.4, 0.5) is 5.69 Å². The van der Waals surface area contributed by atoms with Crippen molar-refractivity contribution in [3.8, 4) is 11.1 Å². The average Bonchev–Trinajstić information content (AvgIpc) is 3.07. The van der Waals surface area contributed by atoms with Crippen LogP contribution >= 0.6 is 8.81 Å². The molecule has 4 N–H and O–H groups in total. The van der Waals surface area contributed by atoms with Crippen molar-refractivity contribution in [3.63, 3.8) is 0 Å². The van der Waals surface area contributed by atoms with Gasteiger partial charge in [0.2, 0.25) is 0 Å². The molecule has 1 fully saturated rings. The maximum Gasteiger partial charge on any atom is 1.00 e. The number of aromatic nitrogens is 1. The van der Waals surface area contributed by atoms with Gasteiger partial charge < -0.3 is 29.3 Å². The Balaban J connectivity index is 0.00000240.